The topological polar surface area (TPSA) is 35.6 Å². The number of nitrogens with zero attached hydrogens (tertiary/aromatic N) is 4. The molecule has 0 N–H and O–H groups in total. The van der Waals surface area contributed by atoms with Crippen LogP contribution in [0.15, 0.2) is 85.5 Å². The van der Waals surface area contributed by atoms with Crippen LogP contribution in [-0.2, 0) is 0 Å². The van der Waals surface area contributed by atoms with Gasteiger partial charge in [-0.1, -0.05) is 36.4 Å². The SMILES string of the molecule is c1ccc2c(c1)ccn2-c1cc(-n2ccc3ccccc32)ncn1. The van der Waals surface area contributed by atoms with E-state index >= 15 is 0 Å². The molecule has 4 nitrogen and oxygen atoms in total. The standard InChI is InChI=1S/C20H14N4/c1-3-7-17-15(5-1)9-11-23(17)19-13-20(22-14-21-19)24-12-10-16-6-2-4-8-18(16)24/h1-14H. The van der Waals surface area contributed by atoms with E-state index in [1.807, 2.05) is 42.7 Å². The molecule has 2 aromatic carbocycles. The van der Waals surface area contributed by atoms with Crippen LogP contribution in [0.25, 0.3) is 33.4 Å². The lowest BCUT2D eigenvalue weighted by atomic mass is 10.2. The lowest BCUT2D eigenvalue weighted by Gasteiger charge is -2.08. The molecule has 3 heterocycles. The molecule has 0 aliphatic carbocycles. The van der Waals surface area contributed by atoms with E-state index < -0.39 is 0 Å². The molecular formula is C20H14N4. The molecule has 0 amide bonds. The van der Waals surface area contributed by atoms with E-state index in [0.29, 0.717) is 0 Å². The van der Waals surface area contributed by atoms with Crippen LogP contribution in [0.4, 0.5) is 0 Å². The predicted molar refractivity (Wildman–Crippen MR) is 95.7 cm³/mol. The zero-order chi connectivity index (χ0) is 15.9. The Hall–Kier alpha value is -3.40. The Balaban J connectivity index is 1.69. The molecule has 0 spiro atoms. The quantitative estimate of drug-likeness (QED) is 0.485. The summed E-state index contributed by atoms with van der Waals surface area (Å²) in [7, 11) is 0. The molecule has 0 unspecified atom stereocenters. The van der Waals surface area contributed by atoms with Crippen molar-refractivity contribution >= 4 is 21.8 Å². The van der Waals surface area contributed by atoms with Crippen LogP contribution >= 0.6 is 0 Å². The lowest BCUT2D eigenvalue weighted by Crippen LogP contribution is -2.01. The molecule has 0 fully saturated rings. The third-order valence-electron chi connectivity index (χ3n) is 4.33. The fourth-order valence-corrected chi connectivity index (χ4v) is 3.17. The van der Waals surface area contributed by atoms with Gasteiger partial charge < -0.3 is 9.13 Å². The van der Waals surface area contributed by atoms with Crippen molar-refractivity contribution in [1.82, 2.24) is 19.1 Å². The van der Waals surface area contributed by atoms with Gasteiger partial charge in [-0.3, -0.25) is 0 Å². The van der Waals surface area contributed by atoms with Gasteiger partial charge in [0.25, 0.3) is 0 Å². The first-order valence-corrected chi connectivity index (χ1v) is 7.85. The molecule has 0 bridgehead atoms. The Morgan fingerprint density at radius 3 is 1.62 bits per heavy atom. The van der Waals surface area contributed by atoms with Crippen molar-refractivity contribution in [3.05, 3.63) is 85.5 Å². The Morgan fingerprint density at radius 2 is 1.08 bits per heavy atom. The van der Waals surface area contributed by atoms with E-state index in [2.05, 4.69) is 55.5 Å². The molecule has 114 valence electrons. The summed E-state index contributed by atoms with van der Waals surface area (Å²) in [6, 6.07) is 22.8. The highest BCUT2D eigenvalue weighted by Gasteiger charge is 2.08. The summed E-state index contributed by atoms with van der Waals surface area (Å²) >= 11 is 0. The lowest BCUT2D eigenvalue weighted by molar-refractivity contribution is 0.960. The summed E-state index contributed by atoms with van der Waals surface area (Å²) in [5, 5.41) is 2.40. The Labute approximate surface area is 138 Å². The van der Waals surface area contributed by atoms with Gasteiger partial charge in [0.2, 0.25) is 0 Å². The summed E-state index contributed by atoms with van der Waals surface area (Å²) in [4.78, 5) is 8.92. The molecule has 0 aliphatic rings. The maximum Gasteiger partial charge on any atom is 0.142 e. The zero-order valence-corrected chi connectivity index (χ0v) is 12.9. The van der Waals surface area contributed by atoms with Gasteiger partial charge >= 0.3 is 0 Å². The van der Waals surface area contributed by atoms with Crippen LogP contribution in [0, 0.1) is 0 Å². The highest BCUT2D eigenvalue weighted by Crippen LogP contribution is 2.22. The van der Waals surface area contributed by atoms with E-state index in [1.54, 1.807) is 6.33 Å². The first kappa shape index (κ1) is 13.1. The Morgan fingerprint density at radius 1 is 0.583 bits per heavy atom. The number of hydrogen-bond acceptors (Lipinski definition) is 2. The van der Waals surface area contributed by atoms with Gasteiger partial charge in [0.05, 0.1) is 11.0 Å². The van der Waals surface area contributed by atoms with Gasteiger partial charge in [0.1, 0.15) is 18.0 Å². The predicted octanol–water partition coefficient (Wildman–Crippen LogP) is 4.36. The molecule has 0 aliphatic heterocycles. The third-order valence-corrected chi connectivity index (χ3v) is 4.33. The fraction of sp³-hybridized carbons (Fsp3) is 0. The highest BCUT2D eigenvalue weighted by atomic mass is 15.1. The van der Waals surface area contributed by atoms with Crippen LogP contribution in [0.3, 0.4) is 0 Å². The highest BCUT2D eigenvalue weighted by molar-refractivity contribution is 5.82. The largest absolute Gasteiger partial charge is 0.301 e. The minimum Gasteiger partial charge on any atom is -0.301 e. The van der Waals surface area contributed by atoms with Crippen molar-refractivity contribution in [3.63, 3.8) is 0 Å². The van der Waals surface area contributed by atoms with E-state index in [0.717, 1.165) is 22.7 Å². The second kappa shape index (κ2) is 5.06. The summed E-state index contributed by atoms with van der Waals surface area (Å²) in [5.41, 5.74) is 2.28. The minimum atomic E-state index is 0.860. The third kappa shape index (κ3) is 1.93. The summed E-state index contributed by atoms with van der Waals surface area (Å²) < 4.78 is 4.18. The number of rotatable bonds is 2. The molecule has 0 radical (unpaired) electrons. The molecule has 0 saturated carbocycles. The smallest absolute Gasteiger partial charge is 0.142 e. The van der Waals surface area contributed by atoms with Gasteiger partial charge in [-0.2, -0.15) is 0 Å². The maximum absolute atomic E-state index is 4.46. The molecule has 3 aromatic heterocycles. The van der Waals surface area contributed by atoms with Gasteiger partial charge in [0, 0.05) is 18.5 Å². The minimum absolute atomic E-state index is 0.860. The number of para-hydroxylation sites is 2. The Bertz CT molecular complexity index is 1080. The average Bonchev–Trinajstić information content (AvgIpc) is 3.26. The number of fused-ring (bicyclic) bond motifs is 2. The second-order valence-corrected chi connectivity index (χ2v) is 5.72. The van der Waals surface area contributed by atoms with Crippen LogP contribution in [0.5, 0.6) is 0 Å². The molecule has 4 heteroatoms. The molecular weight excluding hydrogens is 296 g/mol. The second-order valence-electron chi connectivity index (χ2n) is 5.72. The van der Waals surface area contributed by atoms with Crippen LogP contribution < -0.4 is 0 Å². The van der Waals surface area contributed by atoms with Gasteiger partial charge in [-0.15, -0.1) is 0 Å². The van der Waals surface area contributed by atoms with E-state index in [1.165, 1.54) is 10.8 Å². The molecule has 5 rings (SSSR count). The summed E-state index contributed by atoms with van der Waals surface area (Å²) in [5.74, 6) is 1.72. The Kier molecular flexibility index (Phi) is 2.76. The van der Waals surface area contributed by atoms with Crippen molar-refractivity contribution in [2.24, 2.45) is 0 Å². The molecule has 24 heavy (non-hydrogen) atoms. The fourth-order valence-electron chi connectivity index (χ4n) is 3.17. The van der Waals surface area contributed by atoms with E-state index in [-0.39, 0.29) is 0 Å². The first-order valence-electron chi connectivity index (χ1n) is 7.85. The molecule has 0 saturated heterocycles. The van der Waals surface area contributed by atoms with Crippen molar-refractivity contribution in [1.29, 1.82) is 0 Å². The van der Waals surface area contributed by atoms with Gasteiger partial charge in [-0.25, -0.2) is 9.97 Å². The summed E-state index contributed by atoms with van der Waals surface area (Å²) in [6.07, 6.45) is 5.71. The van der Waals surface area contributed by atoms with Crippen molar-refractivity contribution < 1.29 is 0 Å². The zero-order valence-electron chi connectivity index (χ0n) is 12.9. The van der Waals surface area contributed by atoms with Gasteiger partial charge in [-0.05, 0) is 35.0 Å². The van der Waals surface area contributed by atoms with Crippen LogP contribution in [0.1, 0.15) is 0 Å². The van der Waals surface area contributed by atoms with Gasteiger partial charge in [0.15, 0.2) is 0 Å². The van der Waals surface area contributed by atoms with Crippen molar-refractivity contribution in [2.45, 2.75) is 0 Å². The first-order chi connectivity index (χ1) is 11.9. The average molecular weight is 310 g/mol. The number of aromatic nitrogens is 4. The van der Waals surface area contributed by atoms with E-state index in [4.69, 9.17) is 0 Å². The number of hydrogen-bond donors (Lipinski definition) is 0. The normalized spacial score (nSPS) is 11.3. The molecule has 0 atom stereocenters. The van der Waals surface area contributed by atoms with Crippen LogP contribution in [-0.4, -0.2) is 19.1 Å². The van der Waals surface area contributed by atoms with Crippen molar-refractivity contribution in [3.8, 4) is 11.6 Å². The van der Waals surface area contributed by atoms with Crippen molar-refractivity contribution in [2.75, 3.05) is 0 Å². The monoisotopic (exact) mass is 310 g/mol. The molecule has 5 aromatic rings. The number of benzene rings is 2. The van der Waals surface area contributed by atoms with Crippen LogP contribution in [0.2, 0.25) is 0 Å². The van der Waals surface area contributed by atoms with E-state index in [9.17, 15) is 0 Å². The maximum atomic E-state index is 4.46. The summed E-state index contributed by atoms with van der Waals surface area (Å²) in [6.45, 7) is 0.